The van der Waals surface area contributed by atoms with Crippen molar-refractivity contribution in [1.29, 1.82) is 0 Å². The summed E-state index contributed by atoms with van der Waals surface area (Å²) in [7, 11) is -3.33. The van der Waals surface area contributed by atoms with Crippen molar-refractivity contribution < 1.29 is 32.1 Å². The zero-order valence-corrected chi connectivity index (χ0v) is 18.8. The van der Waals surface area contributed by atoms with Crippen molar-refractivity contribution in [2.45, 2.75) is 29.0 Å². The van der Waals surface area contributed by atoms with Crippen LogP contribution in [0, 0.1) is 9.39 Å². The van der Waals surface area contributed by atoms with E-state index < -0.39 is 51.4 Å². The molecule has 164 valence electrons. The van der Waals surface area contributed by atoms with Crippen molar-refractivity contribution in [3.8, 4) is 5.75 Å². The molecular formula is C19H21F2IN2O5S. The Morgan fingerprint density at radius 1 is 1.33 bits per heavy atom. The minimum absolute atomic E-state index is 0.0946. The molecule has 7 nitrogen and oxygen atoms in total. The molecule has 4 atom stereocenters. The number of aliphatic hydroxyl groups is 2. The monoisotopic (exact) mass is 554 g/mol. The van der Waals surface area contributed by atoms with Gasteiger partial charge in [-0.2, -0.15) is 0 Å². The Kier molecular flexibility index (Phi) is 6.31. The van der Waals surface area contributed by atoms with Crippen LogP contribution in [0.15, 0.2) is 42.5 Å². The van der Waals surface area contributed by atoms with E-state index in [-0.39, 0.29) is 17.0 Å². The molecule has 11 heteroatoms. The van der Waals surface area contributed by atoms with Crippen molar-refractivity contribution in [3.05, 3.63) is 57.4 Å². The highest BCUT2D eigenvalue weighted by Gasteiger charge is 2.86. The van der Waals surface area contributed by atoms with Crippen LogP contribution in [-0.2, 0) is 15.6 Å². The van der Waals surface area contributed by atoms with E-state index in [9.17, 15) is 23.0 Å². The van der Waals surface area contributed by atoms with Gasteiger partial charge in [0.15, 0.2) is 10.9 Å². The summed E-state index contributed by atoms with van der Waals surface area (Å²) in [6.45, 7) is -0.802. The van der Waals surface area contributed by atoms with Gasteiger partial charge in [0.2, 0.25) is 10.0 Å². The van der Waals surface area contributed by atoms with Crippen LogP contribution in [0.2, 0.25) is 0 Å². The summed E-state index contributed by atoms with van der Waals surface area (Å²) in [6.07, 6.45) is -4.45. The number of anilines is 1. The zero-order chi connectivity index (χ0) is 22.3. The smallest absolute Gasteiger partial charge is 0.220 e. The Hall–Kier alpha value is -1.54. The van der Waals surface area contributed by atoms with E-state index in [0.717, 1.165) is 0 Å². The van der Waals surface area contributed by atoms with Gasteiger partial charge in [0.25, 0.3) is 0 Å². The average Bonchev–Trinajstić information content (AvgIpc) is 3.22. The number of nitrogens with one attached hydrogen (secondary N) is 1. The van der Waals surface area contributed by atoms with Gasteiger partial charge in [-0.15, -0.1) is 0 Å². The van der Waals surface area contributed by atoms with Crippen molar-refractivity contribution in [2.75, 3.05) is 19.0 Å². The number of nitrogens with two attached hydrogens (primary N) is 1. The predicted octanol–water partition coefficient (Wildman–Crippen LogP) is 1.87. The highest BCUT2D eigenvalue weighted by atomic mass is 127. The highest BCUT2D eigenvalue weighted by Crippen LogP contribution is 2.67. The number of ether oxygens (including phenoxy) is 1. The van der Waals surface area contributed by atoms with Gasteiger partial charge in [0.05, 0.1) is 25.5 Å². The first-order chi connectivity index (χ1) is 14.0. The molecule has 0 aromatic heterocycles. The third kappa shape index (κ3) is 3.45. The molecule has 0 amide bonds. The second-order valence-electron chi connectivity index (χ2n) is 7.10. The topological polar surface area (TPSA) is 122 Å². The molecule has 2 aromatic rings. The van der Waals surface area contributed by atoms with Crippen molar-refractivity contribution in [3.63, 3.8) is 0 Å². The molecule has 2 aromatic carbocycles. The van der Waals surface area contributed by atoms with Gasteiger partial charge in [-0.25, -0.2) is 22.3 Å². The Morgan fingerprint density at radius 2 is 2.00 bits per heavy atom. The van der Waals surface area contributed by atoms with E-state index in [1.165, 1.54) is 31.4 Å². The van der Waals surface area contributed by atoms with Crippen molar-refractivity contribution >= 4 is 38.3 Å². The molecule has 1 fully saturated rings. The van der Waals surface area contributed by atoms with Crippen molar-refractivity contribution in [1.82, 2.24) is 0 Å². The average molecular weight is 554 g/mol. The number of rotatable bonds is 8. The molecular weight excluding hydrogens is 533 g/mol. The maximum absolute atomic E-state index is 15.7. The lowest BCUT2D eigenvalue weighted by Gasteiger charge is -2.28. The maximum atomic E-state index is 15.7. The Balaban J connectivity index is 2.28. The Bertz CT molecular complexity index is 1060. The first-order valence-electron chi connectivity index (χ1n) is 8.87. The Labute approximate surface area is 186 Å². The SMILES string of the molecule is COc1ccccc1C1(Nc2ccc(I)cc2F)C(F)C1(CC(O)CO)S(N)(=O)=O. The molecule has 1 saturated carbocycles. The van der Waals surface area contributed by atoms with Crippen LogP contribution < -0.4 is 15.2 Å². The normalized spacial score (nSPS) is 26.8. The fraction of sp³-hybridized carbons (Fsp3) is 0.368. The minimum Gasteiger partial charge on any atom is -0.496 e. The number of aliphatic hydroxyl groups excluding tert-OH is 2. The van der Waals surface area contributed by atoms with E-state index >= 15 is 4.39 Å². The summed E-state index contributed by atoms with van der Waals surface area (Å²) >= 11 is 1.90. The lowest BCUT2D eigenvalue weighted by atomic mass is 9.97. The van der Waals surface area contributed by atoms with Crippen LogP contribution in [0.25, 0.3) is 0 Å². The van der Waals surface area contributed by atoms with Crippen molar-refractivity contribution in [2.24, 2.45) is 5.14 Å². The second kappa shape index (κ2) is 8.19. The summed E-state index contributed by atoms with van der Waals surface area (Å²) in [6, 6.07) is 10.2. The molecule has 0 saturated heterocycles. The zero-order valence-electron chi connectivity index (χ0n) is 15.8. The fourth-order valence-corrected chi connectivity index (χ4v) is 6.00. The quantitative estimate of drug-likeness (QED) is 0.370. The van der Waals surface area contributed by atoms with E-state index in [2.05, 4.69) is 5.32 Å². The van der Waals surface area contributed by atoms with Gasteiger partial charge >= 0.3 is 0 Å². The number of halogens is 3. The molecule has 0 bridgehead atoms. The second-order valence-corrected chi connectivity index (χ2v) is 10.2. The van der Waals surface area contributed by atoms with E-state index in [0.29, 0.717) is 3.57 Å². The van der Waals surface area contributed by atoms with Gasteiger partial charge in [-0.05, 0) is 46.9 Å². The largest absolute Gasteiger partial charge is 0.496 e. The van der Waals surface area contributed by atoms with E-state index in [1.807, 2.05) is 22.6 Å². The van der Waals surface area contributed by atoms with E-state index in [4.69, 9.17) is 9.88 Å². The summed E-state index contributed by atoms with van der Waals surface area (Å²) < 4.78 is 59.2. The first kappa shape index (κ1) is 23.1. The van der Waals surface area contributed by atoms with Crippen LogP contribution in [0.5, 0.6) is 5.75 Å². The van der Waals surface area contributed by atoms with Gasteiger partial charge < -0.3 is 20.3 Å². The molecule has 0 aliphatic heterocycles. The van der Waals surface area contributed by atoms with Gasteiger partial charge in [0, 0.05) is 15.6 Å². The minimum atomic E-state index is -4.66. The van der Waals surface area contributed by atoms with Gasteiger partial charge in [-0.1, -0.05) is 18.2 Å². The number of para-hydroxylation sites is 1. The summed E-state index contributed by atoms with van der Waals surface area (Å²) in [5.41, 5.74) is -2.11. The first-order valence-corrected chi connectivity index (χ1v) is 11.5. The maximum Gasteiger partial charge on any atom is 0.220 e. The summed E-state index contributed by atoms with van der Waals surface area (Å²) in [5, 5.41) is 27.4. The highest BCUT2D eigenvalue weighted by molar-refractivity contribution is 14.1. The lowest BCUT2D eigenvalue weighted by Crippen LogP contribution is -2.44. The molecule has 0 radical (unpaired) electrons. The number of primary sulfonamides is 1. The molecule has 4 unspecified atom stereocenters. The summed E-state index contributed by atoms with van der Waals surface area (Å²) in [5.74, 6) is -0.566. The summed E-state index contributed by atoms with van der Waals surface area (Å²) in [4.78, 5) is 0. The third-order valence-corrected chi connectivity index (χ3v) is 7.81. The molecule has 30 heavy (non-hydrogen) atoms. The van der Waals surface area contributed by atoms with Crippen LogP contribution in [0.3, 0.4) is 0 Å². The molecule has 1 aliphatic carbocycles. The van der Waals surface area contributed by atoms with Crippen LogP contribution in [0.1, 0.15) is 12.0 Å². The number of hydrogen-bond acceptors (Lipinski definition) is 6. The van der Waals surface area contributed by atoms with Crippen LogP contribution in [-0.4, -0.2) is 49.4 Å². The molecule has 0 spiro atoms. The number of methoxy groups -OCH3 is 1. The number of sulfonamides is 1. The number of benzene rings is 2. The number of alkyl halides is 1. The van der Waals surface area contributed by atoms with Gasteiger partial charge in [-0.3, -0.25) is 0 Å². The lowest BCUT2D eigenvalue weighted by molar-refractivity contribution is 0.0830. The Morgan fingerprint density at radius 3 is 2.57 bits per heavy atom. The van der Waals surface area contributed by atoms with Gasteiger partial charge in [0.1, 0.15) is 17.1 Å². The van der Waals surface area contributed by atoms with E-state index in [1.54, 1.807) is 18.2 Å². The molecule has 3 rings (SSSR count). The molecule has 1 aliphatic rings. The third-order valence-electron chi connectivity index (χ3n) is 5.43. The predicted molar refractivity (Wildman–Crippen MR) is 116 cm³/mol. The standard InChI is InChI=1S/C19H21F2IN2O5S/c1-29-16-5-3-2-4-13(16)19(24-15-7-6-11(22)8-14(15)20)17(21)18(19,30(23,27)28)9-12(26)10-25/h2-8,12,17,24-26H,9-10H2,1H3,(H2,23,27,28). The number of hydrogen-bond donors (Lipinski definition) is 4. The van der Waals surface area contributed by atoms with Crippen LogP contribution >= 0.6 is 22.6 Å². The molecule has 0 heterocycles. The van der Waals surface area contributed by atoms with Crippen LogP contribution in [0.4, 0.5) is 14.5 Å². The fourth-order valence-electron chi connectivity index (χ4n) is 4.00. The molecule has 5 N–H and O–H groups in total.